The molecule has 106 valence electrons. The molecule has 1 aromatic carbocycles. The first-order chi connectivity index (χ1) is 8.97. The molecule has 1 aromatic rings. The molecular weight excluding hydrogens is 258 g/mol. The van der Waals surface area contributed by atoms with E-state index in [1.165, 1.54) is 11.1 Å². The molecule has 1 atom stereocenters. The summed E-state index contributed by atoms with van der Waals surface area (Å²) in [5.41, 5.74) is 7.72. The fourth-order valence-corrected chi connectivity index (χ4v) is 2.89. The summed E-state index contributed by atoms with van der Waals surface area (Å²) in [5.74, 6) is 1.48. The van der Waals surface area contributed by atoms with Crippen molar-refractivity contribution in [3.8, 4) is 0 Å². The maximum Gasteiger partial charge on any atom is 0.325 e. The number of esters is 1. The molecular formula is C15H23NO2S. The Morgan fingerprint density at radius 1 is 1.42 bits per heavy atom. The van der Waals surface area contributed by atoms with Crippen LogP contribution < -0.4 is 5.73 Å². The summed E-state index contributed by atoms with van der Waals surface area (Å²) in [4.78, 5) is 11.6. The molecule has 0 heterocycles. The van der Waals surface area contributed by atoms with Gasteiger partial charge in [-0.3, -0.25) is 4.79 Å². The highest BCUT2D eigenvalue weighted by atomic mass is 32.2. The van der Waals surface area contributed by atoms with Crippen LogP contribution >= 0.6 is 11.8 Å². The predicted molar refractivity (Wildman–Crippen MR) is 81.2 cm³/mol. The number of hydrogen-bond acceptors (Lipinski definition) is 4. The summed E-state index contributed by atoms with van der Waals surface area (Å²) in [6.07, 6.45) is 0.627. The van der Waals surface area contributed by atoms with E-state index in [9.17, 15) is 4.79 Å². The van der Waals surface area contributed by atoms with Crippen LogP contribution in [0.5, 0.6) is 0 Å². The van der Waals surface area contributed by atoms with Gasteiger partial charge in [0.2, 0.25) is 0 Å². The summed E-state index contributed by atoms with van der Waals surface area (Å²) in [5, 5.41) is 0. The third-order valence-corrected chi connectivity index (χ3v) is 4.03. The van der Waals surface area contributed by atoms with Crippen molar-refractivity contribution >= 4 is 17.7 Å². The molecule has 0 spiro atoms. The van der Waals surface area contributed by atoms with Gasteiger partial charge in [-0.05, 0) is 44.1 Å². The lowest BCUT2D eigenvalue weighted by Gasteiger charge is -2.21. The second-order valence-corrected chi connectivity index (χ2v) is 5.97. The van der Waals surface area contributed by atoms with Crippen molar-refractivity contribution in [2.75, 3.05) is 12.4 Å². The van der Waals surface area contributed by atoms with E-state index in [1.807, 2.05) is 6.07 Å². The van der Waals surface area contributed by atoms with Gasteiger partial charge in [-0.2, -0.15) is 11.8 Å². The average molecular weight is 281 g/mol. The fourth-order valence-electron chi connectivity index (χ4n) is 1.64. The largest absolute Gasteiger partial charge is 0.465 e. The molecule has 0 aromatic heterocycles. The maximum absolute atomic E-state index is 11.6. The van der Waals surface area contributed by atoms with E-state index in [4.69, 9.17) is 10.5 Å². The lowest BCUT2D eigenvalue weighted by molar-refractivity contribution is -0.149. The Kier molecular flexibility index (Phi) is 6.38. The highest BCUT2D eigenvalue weighted by Gasteiger charge is 2.29. The molecule has 0 bridgehead atoms. The minimum atomic E-state index is -0.880. The van der Waals surface area contributed by atoms with Gasteiger partial charge in [-0.1, -0.05) is 24.3 Å². The van der Waals surface area contributed by atoms with Crippen LogP contribution in [0, 0.1) is 6.92 Å². The standard InChI is InChI=1S/C15H23NO2S/c1-4-18-14(17)15(3,16)9-10-19-11-13-8-6-5-7-12(13)2/h5-8H,4,9-11,16H2,1-3H3. The minimum Gasteiger partial charge on any atom is -0.465 e. The van der Waals surface area contributed by atoms with E-state index in [0.29, 0.717) is 13.0 Å². The van der Waals surface area contributed by atoms with Crippen LogP contribution in [-0.2, 0) is 15.3 Å². The van der Waals surface area contributed by atoms with E-state index in [2.05, 4.69) is 25.1 Å². The number of thioether (sulfide) groups is 1. The number of carbonyl (C=O) groups excluding carboxylic acids is 1. The molecule has 0 aliphatic heterocycles. The number of carbonyl (C=O) groups is 1. The Labute approximate surface area is 119 Å². The smallest absolute Gasteiger partial charge is 0.325 e. The molecule has 0 aliphatic rings. The SMILES string of the molecule is CCOC(=O)C(C)(N)CCSCc1ccccc1C. The summed E-state index contributed by atoms with van der Waals surface area (Å²) >= 11 is 1.80. The van der Waals surface area contributed by atoms with Crippen LogP contribution in [0.2, 0.25) is 0 Å². The summed E-state index contributed by atoms with van der Waals surface area (Å²) < 4.78 is 4.97. The van der Waals surface area contributed by atoms with Gasteiger partial charge in [0.25, 0.3) is 0 Å². The van der Waals surface area contributed by atoms with Gasteiger partial charge in [-0.15, -0.1) is 0 Å². The Bertz CT molecular complexity index is 418. The van der Waals surface area contributed by atoms with Gasteiger partial charge in [0.15, 0.2) is 0 Å². The fraction of sp³-hybridized carbons (Fsp3) is 0.533. The van der Waals surface area contributed by atoms with Crippen LogP contribution in [0.15, 0.2) is 24.3 Å². The van der Waals surface area contributed by atoms with Gasteiger partial charge in [0.1, 0.15) is 5.54 Å². The number of aryl methyl sites for hydroxylation is 1. The van der Waals surface area contributed by atoms with Gasteiger partial charge < -0.3 is 10.5 Å². The molecule has 0 saturated heterocycles. The molecule has 19 heavy (non-hydrogen) atoms. The highest BCUT2D eigenvalue weighted by molar-refractivity contribution is 7.98. The zero-order valence-corrected chi connectivity index (χ0v) is 12.8. The maximum atomic E-state index is 11.6. The Morgan fingerprint density at radius 3 is 2.74 bits per heavy atom. The number of rotatable bonds is 7. The third kappa shape index (κ3) is 5.25. The third-order valence-electron chi connectivity index (χ3n) is 3.03. The first kappa shape index (κ1) is 16.1. The quantitative estimate of drug-likeness (QED) is 0.617. The zero-order chi connectivity index (χ0) is 14.3. The molecule has 3 nitrogen and oxygen atoms in total. The summed E-state index contributed by atoms with van der Waals surface area (Å²) in [6.45, 7) is 6.02. The molecule has 2 N–H and O–H groups in total. The van der Waals surface area contributed by atoms with Crippen molar-refractivity contribution in [2.24, 2.45) is 5.73 Å². The van der Waals surface area contributed by atoms with Crippen LogP contribution in [-0.4, -0.2) is 23.9 Å². The number of ether oxygens (including phenoxy) is 1. The molecule has 0 amide bonds. The topological polar surface area (TPSA) is 52.3 Å². The Balaban J connectivity index is 2.35. The van der Waals surface area contributed by atoms with E-state index in [1.54, 1.807) is 25.6 Å². The van der Waals surface area contributed by atoms with Crippen molar-refractivity contribution in [3.63, 3.8) is 0 Å². The van der Waals surface area contributed by atoms with Crippen LogP contribution in [0.4, 0.5) is 0 Å². The number of nitrogens with two attached hydrogens (primary N) is 1. The van der Waals surface area contributed by atoms with Gasteiger partial charge >= 0.3 is 5.97 Å². The first-order valence-electron chi connectivity index (χ1n) is 6.55. The van der Waals surface area contributed by atoms with E-state index in [0.717, 1.165) is 11.5 Å². The zero-order valence-electron chi connectivity index (χ0n) is 11.9. The molecule has 0 saturated carbocycles. The normalized spacial score (nSPS) is 13.9. The molecule has 0 radical (unpaired) electrons. The van der Waals surface area contributed by atoms with Crippen molar-refractivity contribution < 1.29 is 9.53 Å². The summed E-state index contributed by atoms with van der Waals surface area (Å²) in [6, 6.07) is 8.34. The van der Waals surface area contributed by atoms with Gasteiger partial charge in [-0.25, -0.2) is 0 Å². The first-order valence-corrected chi connectivity index (χ1v) is 7.71. The number of hydrogen-bond donors (Lipinski definition) is 1. The predicted octanol–water partition coefficient (Wildman–Crippen LogP) is 2.90. The van der Waals surface area contributed by atoms with Crippen molar-refractivity contribution in [1.29, 1.82) is 0 Å². The van der Waals surface area contributed by atoms with Gasteiger partial charge in [0.05, 0.1) is 6.61 Å². The molecule has 1 rings (SSSR count). The number of benzene rings is 1. The van der Waals surface area contributed by atoms with Crippen molar-refractivity contribution in [3.05, 3.63) is 35.4 Å². The van der Waals surface area contributed by atoms with E-state index >= 15 is 0 Å². The highest BCUT2D eigenvalue weighted by Crippen LogP contribution is 2.19. The molecule has 0 fully saturated rings. The van der Waals surface area contributed by atoms with Crippen molar-refractivity contribution in [1.82, 2.24) is 0 Å². The molecule has 1 unspecified atom stereocenters. The molecule has 0 aliphatic carbocycles. The Hall–Kier alpha value is -1.00. The average Bonchev–Trinajstić information content (AvgIpc) is 2.37. The van der Waals surface area contributed by atoms with E-state index in [-0.39, 0.29) is 5.97 Å². The second kappa shape index (κ2) is 7.56. The van der Waals surface area contributed by atoms with Crippen LogP contribution in [0.3, 0.4) is 0 Å². The van der Waals surface area contributed by atoms with Crippen LogP contribution in [0.25, 0.3) is 0 Å². The molecule has 4 heteroatoms. The van der Waals surface area contributed by atoms with Gasteiger partial charge in [0, 0.05) is 5.75 Å². The minimum absolute atomic E-state index is 0.313. The van der Waals surface area contributed by atoms with E-state index < -0.39 is 5.54 Å². The van der Waals surface area contributed by atoms with Crippen LogP contribution in [0.1, 0.15) is 31.4 Å². The Morgan fingerprint density at radius 2 is 2.11 bits per heavy atom. The monoisotopic (exact) mass is 281 g/mol. The lowest BCUT2D eigenvalue weighted by atomic mass is 10.0. The summed E-state index contributed by atoms with van der Waals surface area (Å²) in [7, 11) is 0. The lowest BCUT2D eigenvalue weighted by Crippen LogP contribution is -2.46. The second-order valence-electron chi connectivity index (χ2n) is 4.87. The van der Waals surface area contributed by atoms with Crippen molar-refractivity contribution in [2.45, 2.75) is 38.5 Å².